The second-order valence-electron chi connectivity index (χ2n) is 4.17. The van der Waals surface area contributed by atoms with E-state index in [9.17, 15) is 4.39 Å². The van der Waals surface area contributed by atoms with Crippen molar-refractivity contribution in [3.63, 3.8) is 0 Å². The van der Waals surface area contributed by atoms with Gasteiger partial charge in [-0.2, -0.15) is 0 Å². The van der Waals surface area contributed by atoms with Gasteiger partial charge in [-0.25, -0.2) is 4.39 Å². The smallest absolute Gasteiger partial charge is 0.121 e. The maximum Gasteiger partial charge on any atom is 0.121 e. The Morgan fingerprint density at radius 3 is 2.83 bits per heavy atom. The van der Waals surface area contributed by atoms with Gasteiger partial charge in [0.05, 0.1) is 0 Å². The summed E-state index contributed by atoms with van der Waals surface area (Å²) >= 11 is 0. The lowest BCUT2D eigenvalue weighted by Crippen LogP contribution is -2.13. The Labute approximate surface area is 74.9 Å². The summed E-state index contributed by atoms with van der Waals surface area (Å²) in [4.78, 5) is 0. The number of halogens is 1. The van der Waals surface area contributed by atoms with Crippen LogP contribution in [0.1, 0.15) is 40.0 Å². The van der Waals surface area contributed by atoms with E-state index in [1.807, 2.05) is 13.0 Å². The van der Waals surface area contributed by atoms with Crippen molar-refractivity contribution in [3.05, 3.63) is 11.6 Å². The van der Waals surface area contributed by atoms with Gasteiger partial charge in [0.1, 0.15) is 6.17 Å². The number of alkyl halides is 1. The van der Waals surface area contributed by atoms with Gasteiger partial charge in [0.2, 0.25) is 0 Å². The number of hydrogen-bond acceptors (Lipinski definition) is 0. The third-order valence-electron chi connectivity index (χ3n) is 2.79. The first-order chi connectivity index (χ1) is 5.63. The van der Waals surface area contributed by atoms with Crippen molar-refractivity contribution in [3.8, 4) is 0 Å². The zero-order chi connectivity index (χ0) is 9.14. The molecule has 0 aromatic carbocycles. The van der Waals surface area contributed by atoms with Crippen LogP contribution in [0, 0.1) is 11.8 Å². The van der Waals surface area contributed by atoms with E-state index in [2.05, 4.69) is 13.8 Å². The Hall–Kier alpha value is -0.330. The molecule has 0 radical (unpaired) electrons. The van der Waals surface area contributed by atoms with Gasteiger partial charge in [0.15, 0.2) is 0 Å². The summed E-state index contributed by atoms with van der Waals surface area (Å²) in [6.45, 7) is 6.34. The van der Waals surface area contributed by atoms with Gasteiger partial charge < -0.3 is 0 Å². The average molecular weight is 170 g/mol. The van der Waals surface area contributed by atoms with Crippen molar-refractivity contribution in [2.75, 3.05) is 0 Å². The molecule has 3 unspecified atom stereocenters. The molecular formula is C11H19F. The molecule has 0 bridgehead atoms. The Kier molecular flexibility index (Phi) is 3.30. The molecule has 0 fully saturated rings. The third-order valence-corrected chi connectivity index (χ3v) is 2.79. The monoisotopic (exact) mass is 170 g/mol. The summed E-state index contributed by atoms with van der Waals surface area (Å²) < 4.78 is 13.5. The van der Waals surface area contributed by atoms with Crippen molar-refractivity contribution in [1.82, 2.24) is 0 Å². The molecule has 0 saturated carbocycles. The molecule has 0 amide bonds. The lowest BCUT2D eigenvalue weighted by molar-refractivity contribution is 0.243. The molecule has 1 aliphatic rings. The van der Waals surface area contributed by atoms with Gasteiger partial charge in [-0.1, -0.05) is 31.9 Å². The minimum Gasteiger partial charge on any atom is -0.243 e. The quantitative estimate of drug-likeness (QED) is 0.526. The Morgan fingerprint density at radius 1 is 1.58 bits per heavy atom. The lowest BCUT2D eigenvalue weighted by Gasteiger charge is -2.17. The van der Waals surface area contributed by atoms with E-state index >= 15 is 0 Å². The average Bonchev–Trinajstić information content (AvgIpc) is 2.09. The molecule has 70 valence electrons. The summed E-state index contributed by atoms with van der Waals surface area (Å²) in [5, 5.41) is 0. The van der Waals surface area contributed by atoms with Crippen molar-refractivity contribution in [2.24, 2.45) is 11.8 Å². The van der Waals surface area contributed by atoms with E-state index in [-0.39, 0.29) is 5.92 Å². The summed E-state index contributed by atoms with van der Waals surface area (Å²) in [5.41, 5.74) is 1.23. The zero-order valence-corrected chi connectivity index (χ0v) is 8.31. The lowest BCUT2D eigenvalue weighted by atomic mass is 9.91. The van der Waals surface area contributed by atoms with E-state index in [4.69, 9.17) is 0 Å². The normalized spacial score (nSPS) is 37.3. The summed E-state index contributed by atoms with van der Waals surface area (Å²) in [6.07, 6.45) is 4.22. The topological polar surface area (TPSA) is 0 Å². The van der Waals surface area contributed by atoms with E-state index in [1.54, 1.807) is 0 Å². The maximum absolute atomic E-state index is 13.5. The highest BCUT2D eigenvalue weighted by molar-refractivity contribution is 5.06. The van der Waals surface area contributed by atoms with Crippen LogP contribution < -0.4 is 0 Å². The van der Waals surface area contributed by atoms with Crippen LogP contribution in [0.5, 0.6) is 0 Å². The van der Waals surface area contributed by atoms with Gasteiger partial charge in [-0.3, -0.25) is 0 Å². The van der Waals surface area contributed by atoms with E-state index in [0.717, 1.165) is 19.3 Å². The highest BCUT2D eigenvalue weighted by Crippen LogP contribution is 2.30. The molecule has 0 aliphatic heterocycles. The van der Waals surface area contributed by atoms with E-state index in [1.165, 1.54) is 5.57 Å². The van der Waals surface area contributed by atoms with E-state index in [0.29, 0.717) is 5.92 Å². The van der Waals surface area contributed by atoms with Gasteiger partial charge in [0, 0.05) is 0 Å². The maximum atomic E-state index is 13.5. The van der Waals surface area contributed by atoms with Crippen LogP contribution >= 0.6 is 0 Å². The van der Waals surface area contributed by atoms with Crippen molar-refractivity contribution < 1.29 is 4.39 Å². The Bertz CT molecular complexity index is 172. The SMILES string of the molecule is CCC1CC(C)CC(C)=CC1F. The fourth-order valence-corrected chi connectivity index (χ4v) is 2.15. The van der Waals surface area contributed by atoms with Crippen LogP contribution in [0.4, 0.5) is 4.39 Å². The zero-order valence-electron chi connectivity index (χ0n) is 8.31. The molecule has 0 spiro atoms. The number of allylic oxidation sites excluding steroid dienone is 2. The van der Waals surface area contributed by atoms with Gasteiger partial charge >= 0.3 is 0 Å². The number of rotatable bonds is 1. The fourth-order valence-electron chi connectivity index (χ4n) is 2.15. The molecule has 3 atom stereocenters. The highest BCUT2D eigenvalue weighted by atomic mass is 19.1. The third kappa shape index (κ3) is 2.33. The molecule has 1 aliphatic carbocycles. The van der Waals surface area contributed by atoms with Crippen LogP contribution in [0.25, 0.3) is 0 Å². The van der Waals surface area contributed by atoms with Gasteiger partial charge in [0.25, 0.3) is 0 Å². The molecule has 0 aromatic heterocycles. The second-order valence-corrected chi connectivity index (χ2v) is 4.17. The second kappa shape index (κ2) is 4.06. The first kappa shape index (κ1) is 9.76. The molecule has 0 nitrogen and oxygen atoms in total. The fraction of sp³-hybridized carbons (Fsp3) is 0.818. The Balaban J connectivity index is 2.68. The molecule has 0 aromatic rings. The van der Waals surface area contributed by atoms with Crippen molar-refractivity contribution in [1.29, 1.82) is 0 Å². The first-order valence-corrected chi connectivity index (χ1v) is 4.94. The van der Waals surface area contributed by atoms with Crippen LogP contribution in [-0.4, -0.2) is 6.17 Å². The van der Waals surface area contributed by atoms with E-state index < -0.39 is 6.17 Å². The summed E-state index contributed by atoms with van der Waals surface area (Å²) in [7, 11) is 0. The van der Waals surface area contributed by atoms with Crippen LogP contribution in [-0.2, 0) is 0 Å². The van der Waals surface area contributed by atoms with Gasteiger partial charge in [-0.05, 0) is 31.6 Å². The van der Waals surface area contributed by atoms with Gasteiger partial charge in [-0.15, -0.1) is 0 Å². The standard InChI is InChI=1S/C11H19F/c1-4-10-6-8(2)5-9(3)7-11(10)12/h7-8,10-11H,4-6H2,1-3H3. The minimum absolute atomic E-state index is 0.262. The summed E-state index contributed by atoms with van der Waals surface area (Å²) in [5.74, 6) is 0.921. The molecule has 12 heavy (non-hydrogen) atoms. The van der Waals surface area contributed by atoms with Crippen molar-refractivity contribution in [2.45, 2.75) is 46.2 Å². The first-order valence-electron chi connectivity index (χ1n) is 4.94. The molecule has 0 heterocycles. The number of hydrogen-bond donors (Lipinski definition) is 0. The summed E-state index contributed by atoms with van der Waals surface area (Å²) in [6, 6.07) is 0. The molecule has 0 N–H and O–H groups in total. The molecular weight excluding hydrogens is 151 g/mol. The minimum atomic E-state index is -0.694. The largest absolute Gasteiger partial charge is 0.243 e. The van der Waals surface area contributed by atoms with Crippen LogP contribution in [0.3, 0.4) is 0 Å². The predicted octanol–water partition coefficient (Wildman–Crippen LogP) is 3.73. The van der Waals surface area contributed by atoms with Crippen LogP contribution in [0.2, 0.25) is 0 Å². The van der Waals surface area contributed by atoms with Crippen molar-refractivity contribution >= 4 is 0 Å². The molecule has 1 rings (SSSR count). The molecule has 0 saturated heterocycles. The molecule has 1 heteroatoms. The van der Waals surface area contributed by atoms with Crippen LogP contribution in [0.15, 0.2) is 11.6 Å². The predicted molar refractivity (Wildman–Crippen MR) is 50.8 cm³/mol. The highest BCUT2D eigenvalue weighted by Gasteiger charge is 2.23. The Morgan fingerprint density at radius 2 is 2.25 bits per heavy atom.